The molecular formula is C25H25ClF3NO4. The monoisotopic (exact) mass is 495 g/mol. The molecule has 2 heterocycles. The number of amides is 2. The zero-order valence-electron chi connectivity index (χ0n) is 18.3. The van der Waals surface area contributed by atoms with Crippen LogP contribution in [0.15, 0.2) is 54.6 Å². The Kier molecular flexibility index (Phi) is 7.48. The number of nitrogens with zero attached hydrogens (tertiary/aromatic N) is 1. The molecule has 4 rings (SSSR count). The molecule has 2 aliphatic rings. The van der Waals surface area contributed by atoms with E-state index in [2.05, 4.69) is 0 Å². The van der Waals surface area contributed by atoms with Crippen molar-refractivity contribution >= 4 is 23.6 Å². The summed E-state index contributed by atoms with van der Waals surface area (Å²) < 4.78 is 49.5. The van der Waals surface area contributed by atoms with Crippen molar-refractivity contribution in [2.24, 2.45) is 5.92 Å². The standard InChI is InChI=1S/C25H25ClF3NO4/c26-19-8-6-16(7-9-19)21(18-10-11-33-20(12-18)14-25(27,28)29)13-23(31)30-22(15-34-24(30)32)17-4-2-1-3-5-17/h1-9,18,20-22H,10-15H2/t18-,20+,21-,22+/m0/s1. The molecule has 0 aliphatic carbocycles. The number of alkyl halides is 3. The lowest BCUT2D eigenvalue weighted by Crippen LogP contribution is -2.37. The Morgan fingerprint density at radius 1 is 1.12 bits per heavy atom. The minimum atomic E-state index is -4.33. The van der Waals surface area contributed by atoms with E-state index in [-0.39, 0.29) is 32.0 Å². The van der Waals surface area contributed by atoms with E-state index in [1.165, 1.54) is 0 Å². The summed E-state index contributed by atoms with van der Waals surface area (Å²) in [5.74, 6) is -1.04. The summed E-state index contributed by atoms with van der Waals surface area (Å²) in [6.07, 6.45) is -6.38. The number of benzene rings is 2. The Balaban J connectivity index is 1.57. The normalized spacial score (nSPS) is 24.1. The van der Waals surface area contributed by atoms with Gasteiger partial charge in [-0.1, -0.05) is 54.1 Å². The van der Waals surface area contributed by atoms with Crippen LogP contribution in [0.1, 0.15) is 48.8 Å². The van der Waals surface area contributed by atoms with E-state index in [0.717, 1.165) is 16.0 Å². The molecule has 0 N–H and O–H groups in total. The Morgan fingerprint density at radius 3 is 2.50 bits per heavy atom. The van der Waals surface area contributed by atoms with Crippen LogP contribution in [0.3, 0.4) is 0 Å². The maximum absolute atomic E-state index is 13.4. The molecule has 0 unspecified atom stereocenters. The number of halogens is 4. The van der Waals surface area contributed by atoms with Crippen LogP contribution < -0.4 is 0 Å². The zero-order valence-corrected chi connectivity index (χ0v) is 19.1. The van der Waals surface area contributed by atoms with Crippen molar-refractivity contribution in [2.75, 3.05) is 13.2 Å². The quantitative estimate of drug-likeness (QED) is 0.473. The predicted molar refractivity (Wildman–Crippen MR) is 119 cm³/mol. The molecule has 0 aromatic heterocycles. The SMILES string of the molecule is O=C(C[C@@H](c1ccc(Cl)cc1)[C@H]1CCO[C@@H](CC(F)(F)F)C1)N1C(=O)OC[C@@H]1c1ccccc1. The van der Waals surface area contributed by atoms with Gasteiger partial charge in [-0.05, 0) is 47.9 Å². The van der Waals surface area contributed by atoms with Crippen molar-refractivity contribution in [1.29, 1.82) is 0 Å². The molecule has 2 amide bonds. The third-order valence-electron chi connectivity index (χ3n) is 6.45. The van der Waals surface area contributed by atoms with Crippen molar-refractivity contribution < 1.29 is 32.2 Å². The Labute approximate surface area is 200 Å². The molecule has 0 saturated carbocycles. The molecule has 0 bridgehead atoms. The highest BCUT2D eigenvalue weighted by molar-refractivity contribution is 6.30. The summed E-state index contributed by atoms with van der Waals surface area (Å²) >= 11 is 6.03. The van der Waals surface area contributed by atoms with Gasteiger partial charge in [-0.15, -0.1) is 0 Å². The minimum absolute atomic E-state index is 0.0382. The summed E-state index contributed by atoms with van der Waals surface area (Å²) in [6.45, 7) is 0.243. The highest BCUT2D eigenvalue weighted by atomic mass is 35.5. The third-order valence-corrected chi connectivity index (χ3v) is 6.71. The lowest BCUT2D eigenvalue weighted by atomic mass is 9.77. The van der Waals surface area contributed by atoms with Gasteiger partial charge >= 0.3 is 12.3 Å². The Hall–Kier alpha value is -2.58. The molecule has 0 spiro atoms. The summed E-state index contributed by atoms with van der Waals surface area (Å²) in [5.41, 5.74) is 1.57. The summed E-state index contributed by atoms with van der Waals surface area (Å²) in [6, 6.07) is 15.5. The number of imide groups is 1. The molecule has 2 aliphatic heterocycles. The lowest BCUT2D eigenvalue weighted by Gasteiger charge is -2.35. The van der Waals surface area contributed by atoms with Gasteiger partial charge in [0.1, 0.15) is 12.6 Å². The minimum Gasteiger partial charge on any atom is -0.446 e. The fraction of sp³-hybridized carbons (Fsp3) is 0.440. The molecule has 2 fully saturated rings. The number of hydrogen-bond donors (Lipinski definition) is 0. The van der Waals surface area contributed by atoms with E-state index in [4.69, 9.17) is 21.1 Å². The average Bonchev–Trinajstić information content (AvgIpc) is 3.19. The first-order valence-corrected chi connectivity index (χ1v) is 11.6. The van der Waals surface area contributed by atoms with Crippen molar-refractivity contribution in [2.45, 2.75) is 49.9 Å². The van der Waals surface area contributed by atoms with Gasteiger partial charge in [-0.25, -0.2) is 9.69 Å². The summed E-state index contributed by atoms with van der Waals surface area (Å²) in [5, 5.41) is 0.517. The van der Waals surface area contributed by atoms with Crippen LogP contribution in [0.5, 0.6) is 0 Å². The van der Waals surface area contributed by atoms with Crippen LogP contribution in [0, 0.1) is 5.92 Å². The summed E-state index contributed by atoms with van der Waals surface area (Å²) in [7, 11) is 0. The number of rotatable bonds is 6. The number of cyclic esters (lactones) is 1. The summed E-state index contributed by atoms with van der Waals surface area (Å²) in [4.78, 5) is 27.0. The fourth-order valence-electron chi connectivity index (χ4n) is 4.85. The van der Waals surface area contributed by atoms with Gasteiger partial charge in [0.05, 0.1) is 12.5 Å². The van der Waals surface area contributed by atoms with Crippen LogP contribution in [-0.2, 0) is 14.3 Å². The molecule has 9 heteroatoms. The van der Waals surface area contributed by atoms with Gasteiger partial charge in [0.15, 0.2) is 0 Å². The molecule has 4 atom stereocenters. The van der Waals surface area contributed by atoms with Crippen molar-refractivity contribution in [3.05, 3.63) is 70.7 Å². The molecule has 2 aromatic rings. The predicted octanol–water partition coefficient (Wildman–Crippen LogP) is 6.28. The smallest absolute Gasteiger partial charge is 0.417 e. The Bertz CT molecular complexity index is 999. The highest BCUT2D eigenvalue weighted by Gasteiger charge is 2.42. The van der Waals surface area contributed by atoms with E-state index >= 15 is 0 Å². The van der Waals surface area contributed by atoms with Crippen molar-refractivity contribution in [1.82, 2.24) is 4.90 Å². The second-order valence-corrected chi connectivity index (χ2v) is 9.16. The molecular weight excluding hydrogens is 471 g/mol. The number of ether oxygens (including phenoxy) is 2. The van der Waals surface area contributed by atoms with Crippen LogP contribution in [0.4, 0.5) is 18.0 Å². The second kappa shape index (κ2) is 10.4. The molecule has 2 saturated heterocycles. The average molecular weight is 496 g/mol. The van der Waals surface area contributed by atoms with E-state index in [1.807, 2.05) is 30.3 Å². The molecule has 182 valence electrons. The largest absolute Gasteiger partial charge is 0.446 e. The van der Waals surface area contributed by atoms with Gasteiger partial charge < -0.3 is 9.47 Å². The third kappa shape index (κ3) is 5.91. The maximum Gasteiger partial charge on any atom is 0.417 e. The zero-order chi connectivity index (χ0) is 24.3. The van der Waals surface area contributed by atoms with Gasteiger partial charge in [0.2, 0.25) is 5.91 Å². The first-order chi connectivity index (χ1) is 16.2. The van der Waals surface area contributed by atoms with Crippen LogP contribution >= 0.6 is 11.6 Å². The fourth-order valence-corrected chi connectivity index (χ4v) is 4.97. The molecule has 2 aromatic carbocycles. The Morgan fingerprint density at radius 2 is 1.82 bits per heavy atom. The van der Waals surface area contributed by atoms with Gasteiger partial charge in [-0.3, -0.25) is 4.79 Å². The first kappa shape index (κ1) is 24.5. The maximum atomic E-state index is 13.4. The molecule has 0 radical (unpaired) electrons. The van der Waals surface area contributed by atoms with Crippen LogP contribution in [-0.4, -0.2) is 42.4 Å². The van der Waals surface area contributed by atoms with Crippen molar-refractivity contribution in [3.8, 4) is 0 Å². The highest BCUT2D eigenvalue weighted by Crippen LogP contribution is 2.41. The lowest BCUT2D eigenvalue weighted by molar-refractivity contribution is -0.169. The second-order valence-electron chi connectivity index (χ2n) is 8.73. The topological polar surface area (TPSA) is 55.8 Å². The van der Waals surface area contributed by atoms with E-state index in [0.29, 0.717) is 11.4 Å². The van der Waals surface area contributed by atoms with Gasteiger partial charge in [0.25, 0.3) is 0 Å². The van der Waals surface area contributed by atoms with E-state index in [1.54, 1.807) is 24.3 Å². The van der Waals surface area contributed by atoms with Gasteiger partial charge in [-0.2, -0.15) is 13.2 Å². The van der Waals surface area contributed by atoms with E-state index in [9.17, 15) is 22.8 Å². The molecule has 34 heavy (non-hydrogen) atoms. The number of carbonyl (C=O) groups excluding carboxylic acids is 2. The number of carbonyl (C=O) groups is 2. The van der Waals surface area contributed by atoms with Gasteiger partial charge in [0, 0.05) is 18.1 Å². The van der Waals surface area contributed by atoms with E-state index < -0.39 is 42.7 Å². The van der Waals surface area contributed by atoms with Crippen LogP contribution in [0.2, 0.25) is 5.02 Å². The molecule has 5 nitrogen and oxygen atoms in total. The van der Waals surface area contributed by atoms with Crippen molar-refractivity contribution in [3.63, 3.8) is 0 Å². The number of hydrogen-bond acceptors (Lipinski definition) is 4. The van der Waals surface area contributed by atoms with Crippen LogP contribution in [0.25, 0.3) is 0 Å². The first-order valence-electron chi connectivity index (χ1n) is 11.2.